The molecule has 2 aromatic carbocycles. The largest absolute Gasteiger partial charge is 0.497 e. The number of furan rings is 1. The summed E-state index contributed by atoms with van der Waals surface area (Å²) < 4.78 is 19.7. The second-order valence-corrected chi connectivity index (χ2v) is 11.9. The standard InChI is InChI=1S/C31H23BrN4O5S2/c1-3-40-28(38)24-25(18-9-5-4-6-10-18)35-31-36(26(24)19-11-7-12-20(15-19)39-2)27(37)23(42-31)17-21-16-22(32)29(41-21)43-30-33-13-8-14-34-30/h4-17,26H,3H2,1-2H3/b23-17+/t26-/m0/s1. The molecule has 1 aliphatic heterocycles. The lowest BCUT2D eigenvalue weighted by atomic mass is 9.93. The third kappa shape index (κ3) is 5.85. The molecule has 0 amide bonds. The molecule has 12 heteroatoms. The van der Waals surface area contributed by atoms with Gasteiger partial charge in [-0.25, -0.2) is 19.8 Å². The van der Waals surface area contributed by atoms with Crippen LogP contribution >= 0.6 is 39.0 Å². The number of fused-ring (bicyclic) bond motifs is 1. The Kier molecular flexibility index (Phi) is 8.41. The van der Waals surface area contributed by atoms with Crippen molar-refractivity contribution >= 4 is 56.8 Å². The van der Waals surface area contributed by atoms with Crippen molar-refractivity contribution in [2.45, 2.75) is 23.2 Å². The van der Waals surface area contributed by atoms with Gasteiger partial charge in [0, 0.05) is 24.0 Å². The van der Waals surface area contributed by atoms with Crippen molar-refractivity contribution in [3.8, 4) is 5.75 Å². The SMILES string of the molecule is CCOC(=O)C1=C(c2ccccc2)N=c2s/c(=C/c3cc(Br)c(Sc4ncccn4)o3)c(=O)n2[C@H]1c1cccc(OC)c1. The molecule has 0 saturated carbocycles. The van der Waals surface area contributed by atoms with Gasteiger partial charge in [0.25, 0.3) is 5.56 Å². The Morgan fingerprint density at radius 2 is 1.91 bits per heavy atom. The van der Waals surface area contributed by atoms with Crippen LogP contribution in [0.2, 0.25) is 0 Å². The number of carbonyl (C=O) groups is 1. The predicted octanol–water partition coefficient (Wildman–Crippen LogP) is 5.24. The highest BCUT2D eigenvalue weighted by Crippen LogP contribution is 2.37. The van der Waals surface area contributed by atoms with E-state index in [2.05, 4.69) is 25.9 Å². The number of ether oxygens (including phenoxy) is 2. The van der Waals surface area contributed by atoms with Gasteiger partial charge in [-0.1, -0.05) is 53.8 Å². The summed E-state index contributed by atoms with van der Waals surface area (Å²) in [5.74, 6) is 0.502. The summed E-state index contributed by atoms with van der Waals surface area (Å²) in [5.41, 5.74) is 1.81. The highest BCUT2D eigenvalue weighted by molar-refractivity contribution is 9.10. The molecular weight excluding hydrogens is 652 g/mol. The normalized spacial score (nSPS) is 14.8. The lowest BCUT2D eigenvalue weighted by Crippen LogP contribution is -2.40. The van der Waals surface area contributed by atoms with Crippen LogP contribution in [0, 0.1) is 0 Å². The van der Waals surface area contributed by atoms with Crippen LogP contribution in [0.15, 0.2) is 114 Å². The number of thiazole rings is 1. The summed E-state index contributed by atoms with van der Waals surface area (Å²) in [5, 5.41) is 1.08. The molecule has 0 unspecified atom stereocenters. The molecule has 0 aliphatic carbocycles. The van der Waals surface area contributed by atoms with Crippen molar-refractivity contribution in [2.24, 2.45) is 4.99 Å². The summed E-state index contributed by atoms with van der Waals surface area (Å²) >= 11 is 6.00. The first kappa shape index (κ1) is 28.8. The Morgan fingerprint density at radius 1 is 1.12 bits per heavy atom. The van der Waals surface area contributed by atoms with Crippen LogP contribution < -0.4 is 19.6 Å². The molecule has 3 aromatic heterocycles. The number of esters is 1. The molecule has 6 rings (SSSR count). The molecule has 0 saturated heterocycles. The second kappa shape index (κ2) is 12.5. The van der Waals surface area contributed by atoms with Gasteiger partial charge in [0.15, 0.2) is 15.1 Å². The van der Waals surface area contributed by atoms with Gasteiger partial charge >= 0.3 is 5.97 Å². The van der Waals surface area contributed by atoms with E-state index in [1.807, 2.05) is 54.6 Å². The van der Waals surface area contributed by atoms with Crippen molar-refractivity contribution in [3.05, 3.63) is 126 Å². The average molecular weight is 676 g/mol. The quantitative estimate of drug-likeness (QED) is 0.162. The topological polar surface area (TPSA) is 109 Å². The van der Waals surface area contributed by atoms with E-state index in [9.17, 15) is 9.59 Å². The van der Waals surface area contributed by atoms with Crippen molar-refractivity contribution in [2.75, 3.05) is 13.7 Å². The lowest BCUT2D eigenvalue weighted by molar-refractivity contribution is -0.138. The van der Waals surface area contributed by atoms with E-state index >= 15 is 0 Å². The fraction of sp³-hybridized carbons (Fsp3) is 0.129. The van der Waals surface area contributed by atoms with Gasteiger partial charge in [-0.15, -0.1) is 0 Å². The van der Waals surface area contributed by atoms with E-state index in [0.717, 1.165) is 5.56 Å². The third-order valence-electron chi connectivity index (χ3n) is 6.46. The summed E-state index contributed by atoms with van der Waals surface area (Å²) in [6.07, 6.45) is 4.98. The van der Waals surface area contributed by atoms with Crippen LogP contribution in [-0.2, 0) is 9.53 Å². The summed E-state index contributed by atoms with van der Waals surface area (Å²) in [6.45, 7) is 1.91. The molecule has 216 valence electrons. The number of hydrogen-bond donors (Lipinski definition) is 0. The Labute approximate surface area is 262 Å². The number of nitrogens with zero attached hydrogens (tertiary/aromatic N) is 4. The first-order valence-corrected chi connectivity index (χ1v) is 15.6. The molecule has 0 N–H and O–H groups in total. The van der Waals surface area contributed by atoms with Crippen LogP contribution in [0.3, 0.4) is 0 Å². The van der Waals surface area contributed by atoms with E-state index < -0.39 is 12.0 Å². The zero-order chi connectivity index (χ0) is 29.9. The molecule has 5 aromatic rings. The van der Waals surface area contributed by atoms with Gasteiger partial charge in [-0.05, 0) is 64.4 Å². The molecule has 0 radical (unpaired) electrons. The number of carbonyl (C=O) groups excluding carboxylic acids is 1. The Morgan fingerprint density at radius 3 is 2.65 bits per heavy atom. The summed E-state index contributed by atoms with van der Waals surface area (Å²) in [4.78, 5) is 41.5. The van der Waals surface area contributed by atoms with E-state index in [1.165, 1.54) is 27.7 Å². The number of rotatable bonds is 8. The Balaban J connectivity index is 1.55. The highest BCUT2D eigenvalue weighted by atomic mass is 79.9. The number of methoxy groups -OCH3 is 1. The first-order valence-electron chi connectivity index (χ1n) is 13.1. The van der Waals surface area contributed by atoms with E-state index in [1.54, 1.807) is 44.6 Å². The summed E-state index contributed by atoms with van der Waals surface area (Å²) in [7, 11) is 1.57. The van der Waals surface area contributed by atoms with E-state index in [4.69, 9.17) is 18.9 Å². The van der Waals surface area contributed by atoms with Gasteiger partial charge in [0.1, 0.15) is 11.5 Å². The maximum Gasteiger partial charge on any atom is 0.338 e. The molecule has 0 fully saturated rings. The Bertz CT molecular complexity index is 2020. The van der Waals surface area contributed by atoms with Gasteiger partial charge < -0.3 is 13.9 Å². The minimum absolute atomic E-state index is 0.168. The molecule has 43 heavy (non-hydrogen) atoms. The van der Waals surface area contributed by atoms with E-state index in [0.29, 0.717) is 46.8 Å². The smallest absolute Gasteiger partial charge is 0.338 e. The molecular formula is C31H23BrN4O5S2. The highest BCUT2D eigenvalue weighted by Gasteiger charge is 2.35. The van der Waals surface area contributed by atoms with Gasteiger partial charge in [-0.3, -0.25) is 9.36 Å². The Hall–Kier alpha value is -4.26. The molecule has 0 spiro atoms. The fourth-order valence-electron chi connectivity index (χ4n) is 4.63. The maximum atomic E-state index is 14.1. The second-order valence-electron chi connectivity index (χ2n) is 9.13. The van der Waals surface area contributed by atoms with Crippen molar-refractivity contribution in [1.82, 2.24) is 14.5 Å². The van der Waals surface area contributed by atoms with Crippen LogP contribution in [-0.4, -0.2) is 34.2 Å². The summed E-state index contributed by atoms with van der Waals surface area (Å²) in [6, 6.07) is 19.4. The minimum atomic E-state index is -0.813. The third-order valence-corrected chi connectivity index (χ3v) is 9.17. The van der Waals surface area contributed by atoms with Crippen molar-refractivity contribution in [3.63, 3.8) is 0 Å². The van der Waals surface area contributed by atoms with Crippen molar-refractivity contribution in [1.29, 1.82) is 0 Å². The molecule has 9 nitrogen and oxygen atoms in total. The van der Waals surface area contributed by atoms with Crippen LogP contribution in [0.1, 0.15) is 29.9 Å². The van der Waals surface area contributed by atoms with Gasteiger partial charge in [-0.2, -0.15) is 0 Å². The number of hydrogen-bond acceptors (Lipinski definition) is 10. The zero-order valence-electron chi connectivity index (χ0n) is 22.9. The minimum Gasteiger partial charge on any atom is -0.497 e. The van der Waals surface area contributed by atoms with Crippen LogP contribution in [0.5, 0.6) is 5.75 Å². The number of benzene rings is 2. The van der Waals surface area contributed by atoms with Crippen LogP contribution in [0.25, 0.3) is 11.8 Å². The monoisotopic (exact) mass is 674 g/mol. The zero-order valence-corrected chi connectivity index (χ0v) is 26.1. The number of aromatic nitrogens is 3. The lowest BCUT2D eigenvalue weighted by Gasteiger charge is -2.26. The molecule has 1 atom stereocenters. The average Bonchev–Trinajstić information content (AvgIpc) is 3.54. The molecule has 4 heterocycles. The predicted molar refractivity (Wildman–Crippen MR) is 167 cm³/mol. The fourth-order valence-corrected chi connectivity index (χ4v) is 6.85. The maximum absolute atomic E-state index is 14.1. The van der Waals surface area contributed by atoms with Crippen LogP contribution in [0.4, 0.5) is 0 Å². The molecule has 1 aliphatic rings. The van der Waals surface area contributed by atoms with E-state index in [-0.39, 0.29) is 17.7 Å². The number of halogens is 1. The van der Waals surface area contributed by atoms with Crippen molar-refractivity contribution < 1.29 is 18.7 Å². The van der Waals surface area contributed by atoms with Gasteiger partial charge in [0.2, 0.25) is 0 Å². The first-order chi connectivity index (χ1) is 21.0. The van der Waals surface area contributed by atoms with Gasteiger partial charge in [0.05, 0.1) is 40.0 Å². The molecule has 0 bridgehead atoms.